The molecule has 0 radical (unpaired) electrons. The van der Waals surface area contributed by atoms with Crippen molar-refractivity contribution in [3.8, 4) is 0 Å². The van der Waals surface area contributed by atoms with E-state index in [2.05, 4.69) is 10.6 Å². The fourth-order valence-electron chi connectivity index (χ4n) is 1.89. The number of hydrogen-bond donors (Lipinski definition) is 4. The smallest absolute Gasteiger partial charge is 0.246 e. The number of rotatable bonds is 20. The molecule has 11 heteroatoms. The van der Waals surface area contributed by atoms with E-state index in [1.807, 2.05) is 0 Å². The van der Waals surface area contributed by atoms with E-state index in [0.29, 0.717) is 52.5 Å². The summed E-state index contributed by atoms with van der Waals surface area (Å²) in [6, 6.07) is -0.378. The molecule has 5 N–H and O–H groups in total. The van der Waals surface area contributed by atoms with Crippen LogP contribution in [0.3, 0.4) is 0 Å². The highest BCUT2D eigenvalue weighted by Crippen LogP contribution is 1.93. The van der Waals surface area contributed by atoms with E-state index in [9.17, 15) is 14.4 Å². The lowest BCUT2D eigenvalue weighted by atomic mass is 10.2. The number of amides is 2. The Labute approximate surface area is 171 Å². The summed E-state index contributed by atoms with van der Waals surface area (Å²) in [7, 11) is 0. The summed E-state index contributed by atoms with van der Waals surface area (Å²) in [5.74, 6) is -0.432. The number of carbonyl (C=O) groups excluding carboxylic acids is 3. The number of aliphatic hydroxyl groups excluding tert-OH is 1. The summed E-state index contributed by atoms with van der Waals surface area (Å²) in [4.78, 5) is 33.6. The van der Waals surface area contributed by atoms with E-state index in [4.69, 9.17) is 29.8 Å². The lowest BCUT2D eigenvalue weighted by Gasteiger charge is -2.09. The third-order valence-corrected chi connectivity index (χ3v) is 3.40. The Hall–Kier alpha value is -1.63. The zero-order valence-electron chi connectivity index (χ0n) is 17.2. The Morgan fingerprint density at radius 2 is 1.34 bits per heavy atom. The molecular formula is C18H35N3O8. The van der Waals surface area contributed by atoms with Crippen LogP contribution in [0.4, 0.5) is 0 Å². The van der Waals surface area contributed by atoms with E-state index in [0.717, 1.165) is 0 Å². The third-order valence-electron chi connectivity index (χ3n) is 3.40. The summed E-state index contributed by atoms with van der Waals surface area (Å²) >= 11 is 0. The molecule has 0 aliphatic carbocycles. The van der Waals surface area contributed by atoms with Gasteiger partial charge in [0.2, 0.25) is 11.8 Å². The van der Waals surface area contributed by atoms with Crippen LogP contribution in [0.15, 0.2) is 0 Å². The Bertz CT molecular complexity index is 451. The first-order valence-corrected chi connectivity index (χ1v) is 9.66. The summed E-state index contributed by atoms with van der Waals surface area (Å²) < 4.78 is 20.7. The molecule has 170 valence electrons. The van der Waals surface area contributed by atoms with Crippen LogP contribution in [-0.4, -0.2) is 101 Å². The number of aliphatic hydroxyl groups is 1. The minimum absolute atomic E-state index is 0.0367. The van der Waals surface area contributed by atoms with Gasteiger partial charge < -0.3 is 40.4 Å². The average molecular weight is 421 g/mol. The lowest BCUT2D eigenvalue weighted by molar-refractivity contribution is -0.127. The standard InChI is InChI=1S/C18H35N3O8/c1-15(23)13-28-10-8-27-7-5-21-18(25)14-29-11-9-26-6-4-20-17(24)3-2-16(19)12-22/h16,22H,2-14,19H2,1H3,(H,20,24)(H,21,25). The number of Topliss-reactive ketones (excluding diaryl/α,β-unsaturated/α-hetero) is 1. The molecule has 11 nitrogen and oxygen atoms in total. The summed E-state index contributed by atoms with van der Waals surface area (Å²) in [6.45, 7) is 3.97. The van der Waals surface area contributed by atoms with Crippen molar-refractivity contribution in [2.24, 2.45) is 5.73 Å². The molecule has 1 unspecified atom stereocenters. The maximum atomic E-state index is 11.5. The average Bonchev–Trinajstić information content (AvgIpc) is 2.69. The van der Waals surface area contributed by atoms with Crippen LogP contribution in [0.5, 0.6) is 0 Å². The molecule has 0 aliphatic rings. The molecule has 29 heavy (non-hydrogen) atoms. The van der Waals surface area contributed by atoms with Crippen molar-refractivity contribution in [1.29, 1.82) is 0 Å². The van der Waals surface area contributed by atoms with Gasteiger partial charge in [0.15, 0.2) is 5.78 Å². The van der Waals surface area contributed by atoms with Crippen LogP contribution in [0, 0.1) is 0 Å². The molecule has 1 atom stereocenters. The van der Waals surface area contributed by atoms with Crippen molar-refractivity contribution in [2.75, 3.05) is 72.6 Å². The van der Waals surface area contributed by atoms with Gasteiger partial charge in [0, 0.05) is 25.6 Å². The summed E-state index contributed by atoms with van der Waals surface area (Å²) in [5, 5.41) is 14.1. The highest BCUT2D eigenvalue weighted by molar-refractivity contribution is 5.77. The highest BCUT2D eigenvalue weighted by atomic mass is 16.5. The van der Waals surface area contributed by atoms with Gasteiger partial charge >= 0.3 is 0 Å². The second-order valence-electron chi connectivity index (χ2n) is 6.21. The molecule has 0 bridgehead atoms. The van der Waals surface area contributed by atoms with Gasteiger partial charge in [0.1, 0.15) is 13.2 Å². The first-order valence-electron chi connectivity index (χ1n) is 9.66. The number of ether oxygens (including phenoxy) is 4. The van der Waals surface area contributed by atoms with Gasteiger partial charge in [0.05, 0.1) is 46.2 Å². The molecular weight excluding hydrogens is 386 g/mol. The Balaban J connectivity index is 3.31. The molecule has 0 aromatic carbocycles. The number of nitrogens with two attached hydrogens (primary N) is 1. The van der Waals surface area contributed by atoms with Gasteiger partial charge in [0.25, 0.3) is 0 Å². The molecule has 0 saturated heterocycles. The zero-order valence-corrected chi connectivity index (χ0v) is 17.2. The van der Waals surface area contributed by atoms with Crippen LogP contribution < -0.4 is 16.4 Å². The minimum Gasteiger partial charge on any atom is -0.395 e. The Morgan fingerprint density at radius 1 is 0.828 bits per heavy atom. The van der Waals surface area contributed by atoms with E-state index >= 15 is 0 Å². The number of carbonyl (C=O) groups is 3. The first kappa shape index (κ1) is 27.4. The van der Waals surface area contributed by atoms with Gasteiger partial charge in [-0.3, -0.25) is 14.4 Å². The molecule has 0 aromatic heterocycles. The van der Waals surface area contributed by atoms with Crippen LogP contribution in [-0.2, 0) is 33.3 Å². The van der Waals surface area contributed by atoms with Crippen LogP contribution in [0.1, 0.15) is 19.8 Å². The van der Waals surface area contributed by atoms with Gasteiger partial charge in [-0.05, 0) is 13.3 Å². The predicted molar refractivity (Wildman–Crippen MR) is 104 cm³/mol. The van der Waals surface area contributed by atoms with Crippen molar-refractivity contribution in [1.82, 2.24) is 10.6 Å². The second-order valence-corrected chi connectivity index (χ2v) is 6.21. The number of ketones is 1. The molecule has 0 aromatic rings. The van der Waals surface area contributed by atoms with Gasteiger partial charge in [-0.2, -0.15) is 0 Å². The monoisotopic (exact) mass is 421 g/mol. The second kappa shape index (κ2) is 19.7. The van der Waals surface area contributed by atoms with E-state index in [1.54, 1.807) is 0 Å². The van der Waals surface area contributed by atoms with Gasteiger partial charge in [-0.25, -0.2) is 0 Å². The fraction of sp³-hybridized carbons (Fsp3) is 0.833. The van der Waals surface area contributed by atoms with E-state index < -0.39 is 0 Å². The van der Waals surface area contributed by atoms with Crippen LogP contribution in [0.2, 0.25) is 0 Å². The Kier molecular flexibility index (Phi) is 18.6. The number of nitrogens with one attached hydrogen (secondary N) is 2. The molecule has 0 fully saturated rings. The minimum atomic E-state index is -0.378. The largest absolute Gasteiger partial charge is 0.395 e. The Morgan fingerprint density at radius 3 is 1.90 bits per heavy atom. The maximum absolute atomic E-state index is 11.5. The van der Waals surface area contributed by atoms with Crippen LogP contribution >= 0.6 is 0 Å². The topological polar surface area (TPSA) is 158 Å². The zero-order chi connectivity index (χ0) is 21.7. The summed E-state index contributed by atoms with van der Waals surface area (Å²) in [6.07, 6.45) is 0.694. The first-order chi connectivity index (χ1) is 14.0. The van der Waals surface area contributed by atoms with Crippen molar-refractivity contribution < 1.29 is 38.4 Å². The quantitative estimate of drug-likeness (QED) is 0.163. The maximum Gasteiger partial charge on any atom is 0.246 e. The van der Waals surface area contributed by atoms with Crippen molar-refractivity contribution >= 4 is 17.6 Å². The lowest BCUT2D eigenvalue weighted by Crippen LogP contribution is -2.32. The molecule has 0 spiro atoms. The van der Waals surface area contributed by atoms with Gasteiger partial charge in [-0.15, -0.1) is 0 Å². The molecule has 2 amide bonds. The van der Waals surface area contributed by atoms with Crippen molar-refractivity contribution in [2.45, 2.75) is 25.8 Å². The number of hydrogen-bond acceptors (Lipinski definition) is 9. The van der Waals surface area contributed by atoms with Crippen molar-refractivity contribution in [3.05, 3.63) is 0 Å². The van der Waals surface area contributed by atoms with E-state index in [1.165, 1.54) is 6.92 Å². The fourth-order valence-corrected chi connectivity index (χ4v) is 1.89. The summed E-state index contributed by atoms with van der Waals surface area (Å²) in [5.41, 5.74) is 5.51. The van der Waals surface area contributed by atoms with Gasteiger partial charge in [-0.1, -0.05) is 0 Å². The van der Waals surface area contributed by atoms with Crippen molar-refractivity contribution in [3.63, 3.8) is 0 Å². The third kappa shape index (κ3) is 20.9. The predicted octanol–water partition coefficient (Wildman–Crippen LogP) is -2.03. The van der Waals surface area contributed by atoms with Crippen LogP contribution in [0.25, 0.3) is 0 Å². The normalized spacial score (nSPS) is 11.8. The molecule has 0 saturated carbocycles. The molecule has 0 rings (SSSR count). The van der Waals surface area contributed by atoms with E-state index in [-0.39, 0.29) is 56.5 Å². The molecule has 0 heterocycles. The highest BCUT2D eigenvalue weighted by Gasteiger charge is 2.05. The molecule has 0 aliphatic heterocycles. The SMILES string of the molecule is CC(=O)COCCOCCNC(=O)COCCOCCNC(=O)CCC(N)CO.